The van der Waals surface area contributed by atoms with Crippen LogP contribution in [-0.4, -0.2) is 65.2 Å². The Balaban J connectivity index is 0.000000249. The van der Waals surface area contributed by atoms with E-state index < -0.39 is 61.9 Å². The predicted octanol–water partition coefficient (Wildman–Crippen LogP) is 10.7. The van der Waals surface area contributed by atoms with E-state index >= 15 is 0 Å². The van der Waals surface area contributed by atoms with E-state index in [0.29, 0.717) is 11.1 Å². The molecule has 3 amide bonds. The lowest BCUT2D eigenvalue weighted by Gasteiger charge is -2.23. The molecule has 0 aliphatic carbocycles. The number of amides is 3. The van der Waals surface area contributed by atoms with Gasteiger partial charge in [0.05, 0.1) is 24.2 Å². The summed E-state index contributed by atoms with van der Waals surface area (Å²) < 4.78 is 104. The van der Waals surface area contributed by atoms with E-state index in [1.54, 1.807) is 68.0 Å². The molecular weight excluding hydrogens is 1070 g/mol. The zero-order chi connectivity index (χ0) is 55.5. The lowest BCUT2D eigenvalue weighted by atomic mass is 9.99. The Hall–Kier alpha value is -9.15. The van der Waals surface area contributed by atoms with Gasteiger partial charge >= 0.3 is 26.7 Å². The number of carbonyl (C=O) groups is 3. The molecule has 6 aromatic carbocycles. The first-order valence-corrected chi connectivity index (χ1v) is 26.7. The van der Waals surface area contributed by atoms with Gasteiger partial charge in [-0.15, -0.1) is 0 Å². The molecule has 0 bridgehead atoms. The number of nitrogens with one attached hydrogen (secondary N) is 2. The topological polar surface area (TPSA) is 233 Å². The zero-order valence-electron chi connectivity index (χ0n) is 41.8. The lowest BCUT2D eigenvalue weighted by Crippen LogP contribution is -2.38. The zero-order valence-corrected chi connectivity index (χ0v) is 43.5. The third-order valence-corrected chi connectivity index (χ3v) is 13.7. The molecule has 80 heavy (non-hydrogen) atoms. The van der Waals surface area contributed by atoms with Crippen molar-refractivity contribution in [1.29, 1.82) is 0 Å². The van der Waals surface area contributed by atoms with Crippen LogP contribution in [0.2, 0.25) is 0 Å². The van der Waals surface area contributed by atoms with Crippen LogP contribution in [0.1, 0.15) is 95.8 Å². The number of carbonyl (C=O) groups excluding carboxylic acids is 3. The number of halogens is 2. The van der Waals surface area contributed by atoms with Gasteiger partial charge in [-0.3, -0.25) is 24.3 Å². The van der Waals surface area contributed by atoms with Crippen LogP contribution in [0.15, 0.2) is 159 Å². The molecule has 0 unspecified atom stereocenters. The number of hydrogen-bond donors (Lipinski definition) is 3. The number of aromatic hydroxyl groups is 1. The van der Waals surface area contributed by atoms with Gasteiger partial charge < -0.3 is 32.7 Å². The quantitative estimate of drug-likeness (QED) is 0.0867. The number of benzene rings is 6. The molecule has 416 valence electrons. The largest absolute Gasteiger partial charge is 0.505 e. The normalized spacial score (nSPS) is 12.8. The maximum atomic E-state index is 14.3. The van der Waals surface area contributed by atoms with Gasteiger partial charge in [-0.2, -0.15) is 21.6 Å². The van der Waals surface area contributed by atoms with Gasteiger partial charge in [0.2, 0.25) is 0 Å². The number of nitrogens with zero attached hydrogens (tertiary/aromatic N) is 4. The first-order valence-electron chi connectivity index (χ1n) is 23.9. The number of fused-ring (bicyclic) bond motifs is 4. The van der Waals surface area contributed by atoms with Crippen LogP contribution < -0.4 is 22.5 Å². The molecular formula is C58H56F2N6O12S2. The van der Waals surface area contributed by atoms with E-state index in [9.17, 15) is 45.1 Å². The van der Waals surface area contributed by atoms with Crippen molar-refractivity contribution in [2.24, 2.45) is 0 Å². The second-order valence-corrected chi connectivity index (χ2v) is 21.3. The molecule has 10 rings (SSSR count). The van der Waals surface area contributed by atoms with Gasteiger partial charge in [0.15, 0.2) is 23.0 Å². The van der Waals surface area contributed by atoms with Crippen molar-refractivity contribution in [3.8, 4) is 23.0 Å². The van der Waals surface area contributed by atoms with E-state index in [0.717, 1.165) is 17.3 Å². The van der Waals surface area contributed by atoms with E-state index in [1.165, 1.54) is 52.5 Å². The second-order valence-electron chi connectivity index (χ2n) is 18.7. The van der Waals surface area contributed by atoms with Crippen LogP contribution in [0, 0.1) is 11.6 Å². The number of ether oxygens (including phenoxy) is 2. The molecule has 0 radical (unpaired) electrons. The first kappa shape index (κ1) is 58.5. The standard InChI is InChI=1S/C36H32FN3O7S.C20H16FN3O5S.2CH4/c1-36(2,3)46-35(42)39-48(43,44)47-32-27-15-10-20-38-30(27)33(45-31(24-11-6-4-7-12-24)25-13-8-5-9-14-25)29-28(32)22-40(34(29)41)21-23-16-18-26(37)19-17-23;1-2-23-30(27,28)29-19-14-4-3-9-22-17(14)18(25)16-15(19)11-24(20(16)26)10-12-5-7-13(21)8-6-12;;/h4-20,31H,21-22H2,1-3H3,(H,39,42);2-9,23,25H,1,10-11H2;2*1H4. The fraction of sp³-hybridized carbons (Fsp3) is 0.190. The van der Waals surface area contributed by atoms with Gasteiger partial charge in [0.1, 0.15) is 34.4 Å². The van der Waals surface area contributed by atoms with Crippen molar-refractivity contribution in [3.63, 3.8) is 0 Å². The number of rotatable bonds is 15. The van der Waals surface area contributed by atoms with Crippen molar-refractivity contribution < 1.29 is 62.9 Å². The minimum Gasteiger partial charge on any atom is -0.505 e. The predicted molar refractivity (Wildman–Crippen MR) is 296 cm³/mol. The van der Waals surface area contributed by atoms with Crippen molar-refractivity contribution in [3.05, 3.63) is 215 Å². The van der Waals surface area contributed by atoms with E-state index in [4.69, 9.17) is 17.8 Å². The maximum Gasteiger partial charge on any atom is 0.424 e. The number of aromatic nitrogens is 2. The Bertz CT molecular complexity index is 3810. The first-order chi connectivity index (χ1) is 37.2. The third kappa shape index (κ3) is 12.9. The lowest BCUT2D eigenvalue weighted by molar-refractivity contribution is 0.0566. The molecule has 4 heterocycles. The molecule has 0 fully saturated rings. The van der Waals surface area contributed by atoms with Crippen molar-refractivity contribution in [1.82, 2.24) is 29.2 Å². The molecule has 0 spiro atoms. The minimum atomic E-state index is -4.80. The number of phenolic OH excluding ortho intramolecular Hbond substituents is 1. The maximum absolute atomic E-state index is 14.3. The highest BCUT2D eigenvalue weighted by Gasteiger charge is 2.40. The minimum absolute atomic E-state index is 0. The summed E-state index contributed by atoms with van der Waals surface area (Å²) >= 11 is 0. The Morgan fingerprint density at radius 1 is 0.662 bits per heavy atom. The average molecular weight is 1130 g/mol. The van der Waals surface area contributed by atoms with Crippen LogP contribution in [0.3, 0.4) is 0 Å². The summed E-state index contributed by atoms with van der Waals surface area (Å²) in [7, 11) is -9.06. The van der Waals surface area contributed by atoms with Crippen LogP contribution in [0.25, 0.3) is 21.8 Å². The Morgan fingerprint density at radius 3 is 1.60 bits per heavy atom. The van der Waals surface area contributed by atoms with E-state index in [2.05, 4.69) is 16.5 Å². The number of pyridine rings is 2. The van der Waals surface area contributed by atoms with Crippen molar-refractivity contribution in [2.75, 3.05) is 0 Å². The van der Waals surface area contributed by atoms with Gasteiger partial charge in [-0.25, -0.2) is 13.6 Å². The summed E-state index contributed by atoms with van der Waals surface area (Å²) in [5.41, 5.74) is 2.58. The monoisotopic (exact) mass is 1130 g/mol. The highest BCUT2D eigenvalue weighted by atomic mass is 32.2. The summed E-state index contributed by atoms with van der Waals surface area (Å²) in [5.74, 6) is -2.33. The fourth-order valence-corrected chi connectivity index (χ4v) is 10.2. The van der Waals surface area contributed by atoms with Gasteiger partial charge in [-0.05, 0) is 91.6 Å². The Morgan fingerprint density at radius 2 is 1.11 bits per heavy atom. The Labute approximate surface area is 461 Å². The SMILES string of the molecule is C.C.C=CNS(=O)(=O)Oc1c2c(c(O)c3ncccc13)C(=O)N(Cc1ccc(F)cc1)C2.CC(C)(C)OC(=O)NS(=O)(=O)Oc1c2c(c(OC(c3ccccc3)c3ccccc3)c3ncccc13)C(=O)N(Cc1ccc(F)cc1)C2. The van der Waals surface area contributed by atoms with Crippen molar-refractivity contribution >= 4 is 60.3 Å². The Kier molecular flexibility index (Phi) is 17.4. The van der Waals surface area contributed by atoms with E-state index in [1.807, 2.05) is 65.4 Å². The summed E-state index contributed by atoms with van der Waals surface area (Å²) in [6.07, 6.45) is 1.94. The van der Waals surface area contributed by atoms with Crippen LogP contribution in [-0.2, 0) is 51.5 Å². The highest BCUT2D eigenvalue weighted by molar-refractivity contribution is 7.85. The van der Waals surface area contributed by atoms with Gasteiger partial charge in [0.25, 0.3) is 11.8 Å². The second kappa shape index (κ2) is 23.8. The molecule has 22 heteroatoms. The van der Waals surface area contributed by atoms with Crippen LogP contribution in [0.5, 0.6) is 23.0 Å². The average Bonchev–Trinajstić information content (AvgIpc) is 3.99. The molecule has 18 nitrogen and oxygen atoms in total. The summed E-state index contributed by atoms with van der Waals surface area (Å²) in [6, 6.07) is 36.6. The number of phenols is 1. The van der Waals surface area contributed by atoms with Crippen LogP contribution in [0.4, 0.5) is 13.6 Å². The molecule has 3 N–H and O–H groups in total. The molecule has 8 aromatic rings. The van der Waals surface area contributed by atoms with Gasteiger partial charge in [0, 0.05) is 53.6 Å². The third-order valence-electron chi connectivity index (χ3n) is 12.1. The molecule has 2 aliphatic rings. The fourth-order valence-electron chi connectivity index (χ4n) is 8.87. The van der Waals surface area contributed by atoms with Crippen LogP contribution >= 0.6 is 0 Å². The molecule has 2 aliphatic heterocycles. The summed E-state index contributed by atoms with van der Waals surface area (Å²) in [6.45, 7) is 8.19. The van der Waals surface area contributed by atoms with Crippen molar-refractivity contribution in [2.45, 2.75) is 73.5 Å². The number of hydrogen-bond acceptors (Lipinski definition) is 14. The molecule has 2 aromatic heterocycles. The van der Waals surface area contributed by atoms with E-state index in [-0.39, 0.29) is 108 Å². The van der Waals surface area contributed by atoms with Gasteiger partial charge in [-0.1, -0.05) is 106 Å². The molecule has 0 atom stereocenters. The summed E-state index contributed by atoms with van der Waals surface area (Å²) in [4.78, 5) is 51.2. The smallest absolute Gasteiger partial charge is 0.424 e. The molecule has 0 saturated heterocycles. The summed E-state index contributed by atoms with van der Waals surface area (Å²) in [5, 5.41) is 11.2. The highest BCUT2D eigenvalue weighted by Crippen LogP contribution is 2.48. The molecule has 0 saturated carbocycles.